The van der Waals surface area contributed by atoms with Crippen molar-refractivity contribution in [1.82, 2.24) is 9.79 Å². The highest BCUT2D eigenvalue weighted by Gasteiger charge is 2.29. The van der Waals surface area contributed by atoms with Gasteiger partial charge in [-0.2, -0.15) is 0 Å². The van der Waals surface area contributed by atoms with Crippen molar-refractivity contribution in [1.29, 1.82) is 0 Å². The number of ether oxygens (including phenoxy) is 1. The molecule has 1 aliphatic rings. The molecule has 1 saturated heterocycles. The Morgan fingerprint density at radius 2 is 1.74 bits per heavy atom. The third-order valence-electron chi connectivity index (χ3n) is 4.32. The van der Waals surface area contributed by atoms with E-state index in [1.807, 2.05) is 13.8 Å². The lowest BCUT2D eigenvalue weighted by atomic mass is 9.97. The van der Waals surface area contributed by atoms with Crippen molar-refractivity contribution in [3.05, 3.63) is 30.1 Å². The number of likely N-dealkylation sites (tertiary alicyclic amines) is 1. The normalized spacial score (nSPS) is 20.3. The topological polar surface area (TPSA) is 102 Å². The van der Waals surface area contributed by atoms with E-state index in [9.17, 15) is 22.4 Å². The number of nitrogens with one attached hydrogen (secondary N) is 1. The van der Waals surface area contributed by atoms with E-state index in [0.29, 0.717) is 0 Å². The summed E-state index contributed by atoms with van der Waals surface area (Å²) in [6.45, 7) is 2.76. The molecule has 8 nitrogen and oxygen atoms in total. The first-order valence-electron chi connectivity index (χ1n) is 8.56. The lowest BCUT2D eigenvalue weighted by Crippen LogP contribution is -2.49. The highest BCUT2D eigenvalue weighted by molar-refractivity contribution is 7.89. The van der Waals surface area contributed by atoms with Gasteiger partial charge >= 0.3 is 5.97 Å². The molecular formula is C17H23FN2O6S. The summed E-state index contributed by atoms with van der Waals surface area (Å²) in [5, 5.41) is 0. The molecule has 150 valence electrons. The maximum atomic E-state index is 12.8. The Kier molecular flexibility index (Phi) is 7.28. The van der Waals surface area contributed by atoms with Crippen LogP contribution >= 0.6 is 0 Å². The van der Waals surface area contributed by atoms with Crippen LogP contribution in [-0.2, 0) is 29.2 Å². The molecule has 1 aromatic rings. The monoisotopic (exact) mass is 402 g/mol. The standard InChI is InChI=1S/C17H23FN2O6S/c1-12-4-3-5-13(2)20(12)16(21)10-25-17(22)11-26-19-27(23,24)15-8-6-14(18)7-9-15/h6-9,12-13,19H,3-5,10-11H2,1-2H3/t12-,13-/m0/s1. The van der Waals surface area contributed by atoms with E-state index in [0.717, 1.165) is 43.5 Å². The van der Waals surface area contributed by atoms with Crippen LogP contribution in [0, 0.1) is 5.82 Å². The van der Waals surface area contributed by atoms with Gasteiger partial charge in [0.2, 0.25) is 0 Å². The quantitative estimate of drug-likeness (QED) is 0.546. The number of benzene rings is 1. The summed E-state index contributed by atoms with van der Waals surface area (Å²) in [5.74, 6) is -1.77. The fourth-order valence-electron chi connectivity index (χ4n) is 3.00. The Bertz CT molecular complexity index is 758. The summed E-state index contributed by atoms with van der Waals surface area (Å²) in [6.07, 6.45) is 2.85. The van der Waals surface area contributed by atoms with Crippen molar-refractivity contribution < 1.29 is 32.0 Å². The van der Waals surface area contributed by atoms with E-state index >= 15 is 0 Å². The van der Waals surface area contributed by atoms with Gasteiger partial charge in [0.25, 0.3) is 15.9 Å². The van der Waals surface area contributed by atoms with Crippen molar-refractivity contribution >= 4 is 21.9 Å². The molecule has 1 aliphatic heterocycles. The van der Waals surface area contributed by atoms with Crippen LogP contribution in [0.2, 0.25) is 0 Å². The Hall–Kier alpha value is -2.04. The predicted octanol–water partition coefficient (Wildman–Crippen LogP) is 1.37. The molecule has 0 aliphatic carbocycles. The van der Waals surface area contributed by atoms with E-state index in [2.05, 4.69) is 4.84 Å². The lowest BCUT2D eigenvalue weighted by Gasteiger charge is -2.38. The molecule has 0 spiro atoms. The average molecular weight is 402 g/mol. The second-order valence-corrected chi connectivity index (χ2v) is 8.06. The fraction of sp³-hybridized carbons (Fsp3) is 0.529. The third-order valence-corrected chi connectivity index (χ3v) is 5.55. The molecule has 1 amide bonds. The van der Waals surface area contributed by atoms with Gasteiger partial charge in [-0.05, 0) is 57.4 Å². The molecule has 1 heterocycles. The summed E-state index contributed by atoms with van der Waals surface area (Å²) in [4.78, 5) is 31.8. The number of piperidine rings is 1. The molecular weight excluding hydrogens is 379 g/mol. The molecule has 1 fully saturated rings. The second kappa shape index (κ2) is 9.25. The molecule has 2 rings (SSSR count). The zero-order chi connectivity index (χ0) is 20.0. The van der Waals surface area contributed by atoms with Crippen LogP contribution in [0.3, 0.4) is 0 Å². The van der Waals surface area contributed by atoms with Crippen LogP contribution in [0.1, 0.15) is 33.1 Å². The molecule has 0 unspecified atom stereocenters. The van der Waals surface area contributed by atoms with Gasteiger partial charge in [-0.15, -0.1) is 0 Å². The van der Waals surface area contributed by atoms with E-state index < -0.39 is 35.0 Å². The Morgan fingerprint density at radius 3 is 2.33 bits per heavy atom. The fourth-order valence-corrected chi connectivity index (χ4v) is 3.80. The largest absolute Gasteiger partial charge is 0.454 e. The van der Waals surface area contributed by atoms with Gasteiger partial charge in [0.1, 0.15) is 5.82 Å². The van der Waals surface area contributed by atoms with Gasteiger partial charge in [0, 0.05) is 12.1 Å². The number of carbonyl (C=O) groups excluding carboxylic acids is 2. The van der Waals surface area contributed by atoms with Gasteiger partial charge in [-0.1, -0.05) is 4.89 Å². The highest BCUT2D eigenvalue weighted by Crippen LogP contribution is 2.22. The minimum Gasteiger partial charge on any atom is -0.454 e. The maximum Gasteiger partial charge on any atom is 0.334 e. The van der Waals surface area contributed by atoms with Crippen molar-refractivity contribution in [3.8, 4) is 0 Å². The zero-order valence-corrected chi connectivity index (χ0v) is 16.0. The Balaban J connectivity index is 1.76. The minimum atomic E-state index is -4.06. The zero-order valence-electron chi connectivity index (χ0n) is 15.2. The van der Waals surface area contributed by atoms with Crippen molar-refractivity contribution in [3.63, 3.8) is 0 Å². The van der Waals surface area contributed by atoms with Crippen LogP contribution in [0.5, 0.6) is 0 Å². The average Bonchev–Trinajstić information content (AvgIpc) is 2.60. The molecule has 0 aromatic heterocycles. The van der Waals surface area contributed by atoms with E-state index in [4.69, 9.17) is 4.74 Å². The van der Waals surface area contributed by atoms with Crippen molar-refractivity contribution in [2.75, 3.05) is 13.2 Å². The number of carbonyl (C=O) groups is 2. The first-order valence-corrected chi connectivity index (χ1v) is 10.0. The smallest absolute Gasteiger partial charge is 0.334 e. The highest BCUT2D eigenvalue weighted by atomic mass is 32.2. The first kappa shape index (κ1) is 21.3. The van der Waals surface area contributed by atoms with Crippen LogP contribution in [0.25, 0.3) is 0 Å². The summed E-state index contributed by atoms with van der Waals surface area (Å²) in [6, 6.07) is 4.24. The minimum absolute atomic E-state index is 0.0821. The predicted molar refractivity (Wildman–Crippen MR) is 93.3 cm³/mol. The van der Waals surface area contributed by atoms with Gasteiger partial charge in [-0.3, -0.25) is 9.63 Å². The van der Waals surface area contributed by atoms with Crippen LogP contribution in [0.4, 0.5) is 4.39 Å². The Morgan fingerprint density at radius 1 is 1.15 bits per heavy atom. The molecule has 0 saturated carbocycles. The van der Waals surface area contributed by atoms with E-state index in [-0.39, 0.29) is 22.9 Å². The maximum absolute atomic E-state index is 12.8. The lowest BCUT2D eigenvalue weighted by molar-refractivity contribution is -0.158. The Labute approximate surface area is 157 Å². The van der Waals surface area contributed by atoms with Crippen LogP contribution in [0.15, 0.2) is 29.2 Å². The third kappa shape index (κ3) is 5.98. The van der Waals surface area contributed by atoms with Crippen molar-refractivity contribution in [2.45, 2.75) is 50.1 Å². The number of esters is 1. The molecule has 10 heteroatoms. The number of halogens is 1. The first-order chi connectivity index (χ1) is 12.7. The summed E-state index contributed by atoms with van der Waals surface area (Å²) in [7, 11) is -4.06. The molecule has 1 N–H and O–H groups in total. The van der Waals surface area contributed by atoms with Crippen molar-refractivity contribution in [2.24, 2.45) is 0 Å². The van der Waals surface area contributed by atoms with E-state index in [1.54, 1.807) is 9.79 Å². The van der Waals surface area contributed by atoms with Gasteiger partial charge in [0.15, 0.2) is 13.2 Å². The van der Waals surface area contributed by atoms with Gasteiger partial charge in [-0.25, -0.2) is 17.6 Å². The number of rotatable bonds is 7. The van der Waals surface area contributed by atoms with Crippen LogP contribution in [-0.4, -0.2) is 50.5 Å². The number of hydrogen-bond acceptors (Lipinski definition) is 6. The van der Waals surface area contributed by atoms with Gasteiger partial charge in [0.05, 0.1) is 4.90 Å². The van der Waals surface area contributed by atoms with Gasteiger partial charge < -0.3 is 9.64 Å². The number of hydrogen-bond donors (Lipinski definition) is 1. The van der Waals surface area contributed by atoms with Crippen LogP contribution < -0.4 is 4.89 Å². The molecule has 27 heavy (non-hydrogen) atoms. The molecule has 2 atom stereocenters. The summed E-state index contributed by atoms with van der Waals surface area (Å²) in [5.41, 5.74) is 0. The summed E-state index contributed by atoms with van der Waals surface area (Å²) >= 11 is 0. The SMILES string of the molecule is C[C@H]1CCC[C@H](C)N1C(=O)COC(=O)CONS(=O)(=O)c1ccc(F)cc1. The van der Waals surface area contributed by atoms with E-state index in [1.165, 1.54) is 0 Å². The molecule has 0 radical (unpaired) electrons. The molecule has 1 aromatic carbocycles. The molecule has 0 bridgehead atoms. The number of nitrogens with zero attached hydrogens (tertiary/aromatic N) is 1. The number of amides is 1. The second-order valence-electron chi connectivity index (χ2n) is 6.42. The number of sulfonamides is 1. The summed E-state index contributed by atoms with van der Waals surface area (Å²) < 4.78 is 41.5.